The number of aromatic nitrogens is 16. The van der Waals surface area contributed by atoms with Crippen LogP contribution in [-0.2, 0) is 28.2 Å². The van der Waals surface area contributed by atoms with Crippen LogP contribution in [0.25, 0.3) is 89.2 Å². The number of fused-ring (bicyclic) bond motifs is 4. The molecule has 1 atom stereocenters. The van der Waals surface area contributed by atoms with Crippen LogP contribution in [0, 0.1) is 0 Å². The maximum Gasteiger partial charge on any atom is 0.257 e. The van der Waals surface area contributed by atoms with Gasteiger partial charge in [0.2, 0.25) is 0 Å². The van der Waals surface area contributed by atoms with E-state index in [9.17, 15) is 27.8 Å². The number of aromatic hydroxyl groups is 2. The molecule has 0 fully saturated rings. The molecule has 0 radical (unpaired) electrons. The molecule has 5 N–H and O–H groups in total. The Balaban J connectivity index is 0.000000158. The zero-order chi connectivity index (χ0) is 99.6. The molecule has 8 aromatic heterocycles. The van der Waals surface area contributed by atoms with Crippen molar-refractivity contribution in [3.63, 3.8) is 0 Å². The zero-order valence-electron chi connectivity index (χ0n) is 82.3. The van der Waals surface area contributed by atoms with E-state index in [1.165, 1.54) is 18.2 Å². The number of ether oxygens (including phenoxy) is 6. The highest BCUT2D eigenvalue weighted by molar-refractivity contribution is 5.87. The molecule has 0 bridgehead atoms. The number of nitrogens with zero attached hydrogens (tertiary/aromatic N) is 20. The third-order valence-corrected chi connectivity index (χ3v) is 21.0. The summed E-state index contributed by atoms with van der Waals surface area (Å²) in [7, 11) is 8.13. The Hall–Kier alpha value is -14.8. The van der Waals surface area contributed by atoms with Crippen molar-refractivity contribution >= 4 is 89.6 Å². The first kappa shape index (κ1) is 87.5. The minimum Gasteiger partial charge on any atom is -0.508 e. The molecule has 0 spiro atoms. The molecule has 694 valence electrons. The van der Waals surface area contributed by atoms with E-state index < -0.39 is 39.0 Å². The lowest BCUT2D eigenvalue weighted by atomic mass is 10.1. The Morgan fingerprint density at radius 1 is 0.383 bits per heavy atom. The normalized spacial score (nSPS) is 12.5. The molecule has 8 heterocycles. The standard InChI is InChI=1S/2C26H30F2N6O2.C24H28N6O2.C22H23N5O2/c1-17(12-29-16-26(2,27)28)34(20-8-21(35-4)11-22(9-20)36-5)19-6-7-23-24(10-19)32-25(14-30-23)18-13-31-33(3)15-18;1-26(27,28)17-29-8-5-9-34(20-10-21(35-3)13-22(11-20)36-4)19-6-7-23-24(12-19)32-25(15-30-23)18-14-31-33(2)16-18;1-16(2)25-7-8-30(19-9-20(31)12-21(10-19)32-4)18-5-6-22-23(11-18)28-24(14-26-22)17-13-27-29(3)15-17;1-4-7-27(17-8-18(28)11-19(9-17)29-3)16-5-6-20-21(10-16)25-22(13-23-20)15-12-24-26(2)14-15/h6-11,13-15,17,29H,12,16H2,1-5H3;6-7,10-16,29H,5,8-9,17H2,1-4H3;5-6,9-16,25,31H,7-8H2,1-4H3;5-6,8-14,28H,4,7H2,1-3H3/i;3D3,4D3;;. The maximum absolute atomic E-state index is 13.4. The number of hydrogen-bond acceptors (Lipinski definition) is 27. The third-order valence-electron chi connectivity index (χ3n) is 21.0. The Morgan fingerprint density at radius 3 is 1.06 bits per heavy atom. The lowest BCUT2D eigenvalue weighted by molar-refractivity contribution is 0.0221. The van der Waals surface area contributed by atoms with Gasteiger partial charge in [-0.15, -0.1) is 0 Å². The van der Waals surface area contributed by atoms with Gasteiger partial charge in [-0.05, 0) is 99.1 Å². The summed E-state index contributed by atoms with van der Waals surface area (Å²) in [4.78, 5) is 45.4. The van der Waals surface area contributed by atoms with Gasteiger partial charge in [0, 0.05) is 252 Å². The van der Waals surface area contributed by atoms with E-state index in [2.05, 4.69) is 86.9 Å². The molecule has 0 saturated heterocycles. The van der Waals surface area contributed by atoms with Crippen LogP contribution in [0.15, 0.2) is 220 Å². The lowest BCUT2D eigenvalue weighted by Gasteiger charge is -2.32. The van der Waals surface area contributed by atoms with Crippen LogP contribution >= 0.6 is 0 Å². The highest BCUT2D eigenvalue weighted by Gasteiger charge is 2.26. The summed E-state index contributed by atoms with van der Waals surface area (Å²) in [5.74, 6) is -3.18. The van der Waals surface area contributed by atoms with Gasteiger partial charge in [0.15, 0.2) is 0 Å². The highest BCUT2D eigenvalue weighted by atomic mass is 19.3. The van der Waals surface area contributed by atoms with E-state index in [-0.39, 0.29) is 42.1 Å². The van der Waals surface area contributed by atoms with Crippen LogP contribution in [0.4, 0.5) is 63.1 Å². The van der Waals surface area contributed by atoms with Crippen molar-refractivity contribution in [3.05, 3.63) is 220 Å². The summed E-state index contributed by atoms with van der Waals surface area (Å²) in [5, 5.41) is 46.2. The molecule has 0 aliphatic heterocycles. The average molecular weight is 1820 g/mol. The van der Waals surface area contributed by atoms with Crippen molar-refractivity contribution in [3.8, 4) is 91.0 Å². The van der Waals surface area contributed by atoms with Crippen LogP contribution in [0.2, 0.25) is 0 Å². The summed E-state index contributed by atoms with van der Waals surface area (Å²) in [6, 6.07) is 43.4. The van der Waals surface area contributed by atoms with Crippen LogP contribution in [0.1, 0.15) is 62.6 Å². The number of hydrogen-bond donors (Lipinski definition) is 5. The molecule has 31 nitrogen and oxygen atoms in total. The Kier molecular flexibility index (Phi) is 28.8. The first-order valence-corrected chi connectivity index (χ1v) is 42.8. The Morgan fingerprint density at radius 2 is 0.714 bits per heavy atom. The van der Waals surface area contributed by atoms with Gasteiger partial charge in [-0.1, -0.05) is 20.8 Å². The average Bonchev–Trinajstić information content (AvgIpc) is 1.54. The van der Waals surface area contributed by atoms with Crippen molar-refractivity contribution in [1.82, 2.24) is 94.9 Å². The predicted molar refractivity (Wildman–Crippen MR) is 513 cm³/mol. The van der Waals surface area contributed by atoms with E-state index in [0.717, 1.165) is 129 Å². The number of rotatable bonds is 35. The number of nitrogens with one attached hydrogen (secondary N) is 3. The molecular weight excluding hydrogens is 1700 g/mol. The van der Waals surface area contributed by atoms with Gasteiger partial charge < -0.3 is 74.2 Å². The number of halogens is 4. The molecule has 16 aromatic rings. The second-order valence-electron chi connectivity index (χ2n) is 32.1. The second kappa shape index (κ2) is 43.7. The second-order valence-corrected chi connectivity index (χ2v) is 32.1. The molecule has 1 unspecified atom stereocenters. The molecule has 0 aliphatic carbocycles. The van der Waals surface area contributed by atoms with Crippen LogP contribution in [0.3, 0.4) is 0 Å². The van der Waals surface area contributed by atoms with Gasteiger partial charge >= 0.3 is 0 Å². The summed E-state index contributed by atoms with van der Waals surface area (Å²) < 4.78 is 137. The molecule has 16 rings (SSSR count). The largest absolute Gasteiger partial charge is 0.508 e. The smallest absolute Gasteiger partial charge is 0.257 e. The number of phenols is 2. The summed E-state index contributed by atoms with van der Waals surface area (Å²) in [6.07, 6.45) is 22.7. The fourth-order valence-electron chi connectivity index (χ4n) is 14.7. The third kappa shape index (κ3) is 25.6. The zero-order valence-corrected chi connectivity index (χ0v) is 76.3. The maximum atomic E-state index is 13.4. The van der Waals surface area contributed by atoms with Gasteiger partial charge in [-0.3, -0.25) is 38.7 Å². The van der Waals surface area contributed by atoms with Gasteiger partial charge in [0.25, 0.3) is 11.8 Å². The van der Waals surface area contributed by atoms with Crippen LogP contribution < -0.4 is 64.0 Å². The van der Waals surface area contributed by atoms with Crippen LogP contribution in [-0.4, -0.2) is 208 Å². The molecule has 35 heteroatoms. The van der Waals surface area contributed by atoms with Crippen LogP contribution in [0.5, 0.6) is 46.0 Å². The van der Waals surface area contributed by atoms with Gasteiger partial charge in [0.05, 0.1) is 180 Å². The SMILES string of the molecule is CCCN(c1cc(O)cc(OC)c1)c1ccc2ncc(-c3cnn(C)c3)nc2c1.COc1cc(O)cc(N(CCNC(C)C)c2ccc3ncc(-c4cnn(C)c4)nc3c2)c1.COc1cc(OC)cc(N(c2ccc3ncc(-c4cnn(C)c4)nc3c2)C(C)CNCC(C)(F)F)c1.[2H]C([2H])([2H])Oc1cc(OC([2H])([2H])[2H])cc(N(CCCNCC(C)(F)F)c2ccc3ncc(-c4cnn(C)c4)nc3c2)c1. The predicted octanol–water partition coefficient (Wildman–Crippen LogP) is 17.8. The van der Waals surface area contributed by atoms with E-state index in [4.69, 9.17) is 56.6 Å². The van der Waals surface area contributed by atoms with E-state index >= 15 is 0 Å². The quantitative estimate of drug-likeness (QED) is 0.0182. The van der Waals surface area contributed by atoms with E-state index in [1.807, 2.05) is 137 Å². The van der Waals surface area contributed by atoms with Gasteiger partial charge in [0.1, 0.15) is 46.0 Å². The summed E-state index contributed by atoms with van der Waals surface area (Å²) >= 11 is 0. The molecular formula is C98H111F4N23O8. The number of phenolic OH excluding ortho intramolecular Hbond substituents is 2. The molecule has 0 saturated carbocycles. The van der Waals surface area contributed by atoms with E-state index in [1.54, 1.807) is 157 Å². The Labute approximate surface area is 777 Å². The fraction of sp³-hybridized carbons (Fsp3) is 0.306. The number of aryl methyl sites for hydroxylation is 4. The van der Waals surface area contributed by atoms with Crippen molar-refractivity contribution in [2.45, 2.75) is 78.3 Å². The number of alkyl halides is 4. The Bertz CT molecular complexity index is 6800. The molecule has 0 aliphatic rings. The van der Waals surface area contributed by atoms with Crippen molar-refractivity contribution < 1.29 is 64.4 Å². The van der Waals surface area contributed by atoms with Crippen molar-refractivity contribution in [2.24, 2.45) is 28.2 Å². The number of benzene rings is 8. The van der Waals surface area contributed by atoms with Crippen molar-refractivity contribution in [1.29, 1.82) is 0 Å². The fourth-order valence-corrected chi connectivity index (χ4v) is 14.7. The summed E-state index contributed by atoms with van der Waals surface area (Å²) in [6.45, 7) is 12.2. The molecule has 8 aromatic carbocycles. The lowest BCUT2D eigenvalue weighted by Crippen LogP contribution is -2.41. The first-order chi connectivity index (χ1) is 66.2. The van der Waals surface area contributed by atoms with E-state index in [0.29, 0.717) is 87.9 Å². The number of methoxy groups -OCH3 is 6. The monoisotopic (exact) mass is 1820 g/mol. The molecule has 133 heavy (non-hydrogen) atoms. The minimum atomic E-state index is -2.87. The van der Waals surface area contributed by atoms with Crippen molar-refractivity contribution in [2.75, 3.05) is 114 Å². The summed E-state index contributed by atoms with van der Waals surface area (Å²) in [5.41, 5.74) is 18.4. The number of anilines is 8. The topological polar surface area (TPSA) is 319 Å². The van der Waals surface area contributed by atoms with Gasteiger partial charge in [-0.2, -0.15) is 20.4 Å². The van der Waals surface area contributed by atoms with Gasteiger partial charge in [-0.25, -0.2) is 37.5 Å². The minimum absolute atomic E-state index is 0.139. The first-order valence-electron chi connectivity index (χ1n) is 45.8. The molecule has 0 amide bonds. The highest BCUT2D eigenvalue weighted by Crippen LogP contribution is 2.41.